The maximum absolute atomic E-state index is 12.1. The molecule has 2 heterocycles. The monoisotopic (exact) mass is 330 g/mol. The van der Waals surface area contributed by atoms with Gasteiger partial charge in [-0.05, 0) is 13.0 Å². The number of nitro benzene ring substituents is 1. The molecular weight excluding hydrogens is 316 g/mol. The Kier molecular flexibility index (Phi) is 3.83. The van der Waals surface area contributed by atoms with Crippen molar-refractivity contribution in [1.29, 1.82) is 0 Å². The van der Waals surface area contributed by atoms with Crippen molar-refractivity contribution in [2.45, 2.75) is 13.0 Å². The highest BCUT2D eigenvalue weighted by Crippen LogP contribution is 2.29. The third-order valence-corrected chi connectivity index (χ3v) is 4.59. The van der Waals surface area contributed by atoms with E-state index in [1.165, 1.54) is 34.1 Å². The number of non-ortho nitro benzene ring substituents is 1. The molecule has 3 rings (SSSR count). The molecular formula is C15H14N4O3S. The summed E-state index contributed by atoms with van der Waals surface area (Å²) in [6.07, 6.45) is 1.71. The average Bonchev–Trinajstić information content (AvgIpc) is 3.06. The van der Waals surface area contributed by atoms with Gasteiger partial charge >= 0.3 is 0 Å². The lowest BCUT2D eigenvalue weighted by molar-refractivity contribution is -0.384. The van der Waals surface area contributed by atoms with Crippen molar-refractivity contribution in [2.75, 3.05) is 5.32 Å². The number of thiazole rings is 1. The summed E-state index contributed by atoms with van der Waals surface area (Å²) in [6.45, 7) is 1.93. The van der Waals surface area contributed by atoms with E-state index in [2.05, 4.69) is 10.3 Å². The maximum atomic E-state index is 12.1. The molecule has 0 aliphatic carbocycles. The number of nitro groups is 1. The van der Waals surface area contributed by atoms with E-state index in [0.29, 0.717) is 16.6 Å². The third kappa shape index (κ3) is 2.80. The van der Waals surface area contributed by atoms with Crippen LogP contribution in [0.15, 0.2) is 40.6 Å². The number of nitrogens with one attached hydrogen (secondary N) is 1. The van der Waals surface area contributed by atoms with E-state index >= 15 is 0 Å². The number of hydrogen-bond acceptors (Lipinski definition) is 6. The van der Waals surface area contributed by atoms with Crippen molar-refractivity contribution in [3.8, 4) is 0 Å². The van der Waals surface area contributed by atoms with Gasteiger partial charge in [0.05, 0.1) is 16.5 Å². The SMILES string of the molecule is CC(Nc1cc(=O)n(C)c2ccc([N+](=O)[O-])cc12)c1nccs1. The van der Waals surface area contributed by atoms with Crippen molar-refractivity contribution in [3.63, 3.8) is 0 Å². The zero-order chi connectivity index (χ0) is 16.6. The number of hydrogen-bond donors (Lipinski definition) is 1. The van der Waals surface area contributed by atoms with Crippen LogP contribution in [0, 0.1) is 10.1 Å². The predicted molar refractivity (Wildman–Crippen MR) is 90.0 cm³/mol. The summed E-state index contributed by atoms with van der Waals surface area (Å²) < 4.78 is 1.47. The molecule has 1 N–H and O–H groups in total. The minimum atomic E-state index is -0.446. The first-order valence-electron chi connectivity index (χ1n) is 6.91. The van der Waals surface area contributed by atoms with Crippen LogP contribution >= 0.6 is 11.3 Å². The minimum absolute atomic E-state index is 0.0129. The zero-order valence-electron chi connectivity index (χ0n) is 12.5. The number of benzene rings is 1. The number of fused-ring (bicyclic) bond motifs is 1. The van der Waals surface area contributed by atoms with Gasteiger partial charge in [0.1, 0.15) is 5.01 Å². The first kappa shape index (κ1) is 15.2. The van der Waals surface area contributed by atoms with E-state index < -0.39 is 4.92 Å². The van der Waals surface area contributed by atoms with Gasteiger partial charge in [-0.15, -0.1) is 11.3 Å². The van der Waals surface area contributed by atoms with Gasteiger partial charge < -0.3 is 9.88 Å². The van der Waals surface area contributed by atoms with E-state index in [1.807, 2.05) is 12.3 Å². The second-order valence-electron chi connectivity index (χ2n) is 5.15. The van der Waals surface area contributed by atoms with Crippen LogP contribution in [0.3, 0.4) is 0 Å². The van der Waals surface area contributed by atoms with Crippen LogP contribution in [0.2, 0.25) is 0 Å². The van der Waals surface area contributed by atoms with Gasteiger partial charge in [-0.2, -0.15) is 0 Å². The fourth-order valence-electron chi connectivity index (χ4n) is 2.43. The molecule has 1 unspecified atom stereocenters. The Hall–Kier alpha value is -2.74. The van der Waals surface area contributed by atoms with E-state index in [4.69, 9.17) is 0 Å². The van der Waals surface area contributed by atoms with Crippen LogP contribution in [0.25, 0.3) is 10.9 Å². The van der Waals surface area contributed by atoms with Crippen LogP contribution in [0.5, 0.6) is 0 Å². The molecule has 7 nitrogen and oxygen atoms in total. The molecule has 0 amide bonds. The molecule has 0 aliphatic heterocycles. The lowest BCUT2D eigenvalue weighted by Gasteiger charge is -2.16. The van der Waals surface area contributed by atoms with E-state index in [0.717, 1.165) is 5.01 Å². The van der Waals surface area contributed by atoms with Crippen molar-refractivity contribution in [3.05, 3.63) is 61.3 Å². The Bertz CT molecular complexity index is 934. The zero-order valence-corrected chi connectivity index (χ0v) is 13.3. The van der Waals surface area contributed by atoms with Gasteiger partial charge in [0.15, 0.2) is 0 Å². The Labute approximate surface area is 135 Å². The van der Waals surface area contributed by atoms with Crippen LogP contribution in [-0.4, -0.2) is 14.5 Å². The average molecular weight is 330 g/mol. The summed E-state index contributed by atoms with van der Waals surface area (Å²) >= 11 is 1.51. The van der Waals surface area contributed by atoms with E-state index in [-0.39, 0.29) is 17.3 Å². The number of nitrogens with zero attached hydrogens (tertiary/aromatic N) is 3. The second kappa shape index (κ2) is 5.81. The predicted octanol–water partition coefficient (Wildman–Crippen LogP) is 3.08. The van der Waals surface area contributed by atoms with Crippen LogP contribution < -0.4 is 10.9 Å². The number of pyridine rings is 1. The van der Waals surface area contributed by atoms with Gasteiger partial charge in [-0.1, -0.05) is 0 Å². The highest BCUT2D eigenvalue weighted by atomic mass is 32.1. The Morgan fingerprint density at radius 2 is 2.17 bits per heavy atom. The molecule has 0 bridgehead atoms. The summed E-state index contributed by atoms with van der Waals surface area (Å²) in [4.78, 5) is 26.9. The van der Waals surface area contributed by atoms with Gasteiger partial charge in [0.2, 0.25) is 0 Å². The number of rotatable bonds is 4. The molecule has 0 saturated heterocycles. The number of aromatic nitrogens is 2. The number of anilines is 1. The molecule has 0 saturated carbocycles. The molecule has 0 spiro atoms. The summed E-state index contributed by atoms with van der Waals surface area (Å²) in [5.41, 5.74) is 1.01. The molecule has 0 aliphatic rings. The third-order valence-electron chi connectivity index (χ3n) is 3.63. The molecule has 1 aromatic carbocycles. The molecule has 118 valence electrons. The summed E-state index contributed by atoms with van der Waals surface area (Å²) in [5.74, 6) is 0. The quantitative estimate of drug-likeness (QED) is 0.586. The van der Waals surface area contributed by atoms with Gasteiger partial charge in [-0.25, -0.2) is 4.98 Å². The molecule has 2 aromatic heterocycles. The van der Waals surface area contributed by atoms with Crippen molar-refractivity contribution in [2.24, 2.45) is 7.05 Å². The van der Waals surface area contributed by atoms with Gasteiger partial charge in [-0.3, -0.25) is 14.9 Å². The fourth-order valence-corrected chi connectivity index (χ4v) is 3.07. The summed E-state index contributed by atoms with van der Waals surface area (Å²) in [7, 11) is 1.64. The molecule has 1 atom stereocenters. The lowest BCUT2D eigenvalue weighted by Crippen LogP contribution is -2.18. The Morgan fingerprint density at radius 3 is 2.83 bits per heavy atom. The maximum Gasteiger partial charge on any atom is 0.270 e. The summed E-state index contributed by atoms with van der Waals surface area (Å²) in [5, 5.41) is 17.6. The number of aryl methyl sites for hydroxylation is 1. The van der Waals surface area contributed by atoms with Crippen LogP contribution in [-0.2, 0) is 7.05 Å². The molecule has 0 fully saturated rings. The highest BCUT2D eigenvalue weighted by Gasteiger charge is 2.15. The van der Waals surface area contributed by atoms with Gasteiger partial charge in [0, 0.05) is 47.9 Å². The van der Waals surface area contributed by atoms with Crippen LogP contribution in [0.1, 0.15) is 18.0 Å². The molecule has 3 aromatic rings. The van der Waals surface area contributed by atoms with Crippen molar-refractivity contribution in [1.82, 2.24) is 9.55 Å². The van der Waals surface area contributed by atoms with Crippen molar-refractivity contribution >= 4 is 33.6 Å². The van der Waals surface area contributed by atoms with Gasteiger partial charge in [0.25, 0.3) is 11.2 Å². The minimum Gasteiger partial charge on any atom is -0.375 e. The largest absolute Gasteiger partial charge is 0.375 e. The Balaban J connectivity index is 2.14. The fraction of sp³-hybridized carbons (Fsp3) is 0.200. The molecule has 8 heteroatoms. The van der Waals surface area contributed by atoms with Crippen LogP contribution in [0.4, 0.5) is 11.4 Å². The Morgan fingerprint density at radius 1 is 1.39 bits per heavy atom. The normalized spacial score (nSPS) is 12.3. The smallest absolute Gasteiger partial charge is 0.270 e. The molecule has 0 radical (unpaired) electrons. The van der Waals surface area contributed by atoms with E-state index in [1.54, 1.807) is 19.3 Å². The van der Waals surface area contributed by atoms with E-state index in [9.17, 15) is 14.9 Å². The lowest BCUT2D eigenvalue weighted by atomic mass is 10.1. The first-order valence-corrected chi connectivity index (χ1v) is 7.79. The second-order valence-corrected chi connectivity index (χ2v) is 6.08. The van der Waals surface area contributed by atoms with Crippen molar-refractivity contribution < 1.29 is 4.92 Å². The summed E-state index contributed by atoms with van der Waals surface area (Å²) in [6, 6.07) is 5.82. The molecule has 23 heavy (non-hydrogen) atoms. The standard InChI is InChI=1S/C15H14N4O3S/c1-9(15-16-5-6-23-15)17-12-8-14(20)18(2)13-4-3-10(19(21)22)7-11(12)13/h3-9,17H,1-2H3. The first-order chi connectivity index (χ1) is 11.0. The highest BCUT2D eigenvalue weighted by molar-refractivity contribution is 7.09. The topological polar surface area (TPSA) is 90.1 Å².